The smallest absolute Gasteiger partial charge is 0.164 e. The van der Waals surface area contributed by atoms with Crippen LogP contribution in [-0.4, -0.2) is 83.0 Å². The van der Waals surface area contributed by atoms with Crippen molar-refractivity contribution in [1.29, 1.82) is 0 Å². The van der Waals surface area contributed by atoms with Crippen LogP contribution in [0.15, 0.2) is 468 Å². The largest absolute Gasteiger partial charge is 0.299 e. The lowest BCUT2D eigenvalue weighted by Crippen LogP contribution is -2.00. The van der Waals surface area contributed by atoms with Crippen LogP contribution >= 0.6 is 0 Å². The van der Waals surface area contributed by atoms with E-state index in [4.69, 9.17) is 54.8 Å². The van der Waals surface area contributed by atoms with Crippen LogP contribution in [0.25, 0.3) is 262 Å². The number of hydrogen-bond donors (Lipinski definition) is 0. The SMILES string of the molecule is c1ccc(-c2cc(-c3ccccc3)nc(-c3ccc4c(c3)c3cc(-c5ccccn5)ccc3c3nc5ccccn5c43)n2)cc1.c1ccc(-c2nc(-c3ccccc3)nc(-c3ccc4c(c3)c3cc(-c5ccccn5)ccc3c3nc5ccccn5c43)n2)cc1.c1ccc(-c2nc(-c3ccccc3)nc(-c3cccc(-c4ccc5c(c4)c4cc(-c6ccccn6)ccc4c4nc6ccccn6c54)c3)n2)cc1. The summed E-state index contributed by atoms with van der Waals surface area (Å²) >= 11 is 0. The predicted octanol–water partition coefficient (Wildman–Crippen LogP) is 29.4. The maximum atomic E-state index is 5.12. The van der Waals surface area contributed by atoms with E-state index in [-0.39, 0.29) is 0 Å². The van der Waals surface area contributed by atoms with Gasteiger partial charge in [-0.2, -0.15) is 0 Å². The van der Waals surface area contributed by atoms with E-state index in [1.54, 1.807) is 0 Å². The van der Waals surface area contributed by atoms with Crippen molar-refractivity contribution in [1.82, 2.24) is 83.0 Å². The first-order valence-electron chi connectivity index (χ1n) is 46.8. The highest BCUT2D eigenvalue weighted by Gasteiger charge is 2.25. The minimum Gasteiger partial charge on any atom is -0.299 e. The molecular weight excluding hydrogens is 1730 g/mol. The van der Waals surface area contributed by atoms with Gasteiger partial charge < -0.3 is 0 Å². The van der Waals surface area contributed by atoms with Crippen LogP contribution in [0, 0.1) is 0 Å². The first kappa shape index (κ1) is 82.2. The van der Waals surface area contributed by atoms with Gasteiger partial charge in [0.1, 0.15) is 16.9 Å². The summed E-state index contributed by atoms with van der Waals surface area (Å²) in [6.07, 6.45) is 11.8. The Kier molecular flexibility index (Phi) is 20.4. The molecule has 12 aromatic heterocycles. The molecule has 0 saturated carbocycles. The summed E-state index contributed by atoms with van der Waals surface area (Å²) < 4.78 is 6.55. The van der Waals surface area contributed by atoms with Crippen LogP contribution in [0.3, 0.4) is 0 Å². The Labute approximate surface area is 807 Å². The standard InChI is InChI=1S/C45H28N6.C40H25N5.C39H24N6/c1-3-12-29(13-4-1)43-48-44(30-14-5-2-6-15-30)50-45(49-43)34-17-11-16-31(26-34)32-20-23-36-38(27-32)37-28-33(39-18-7-9-24-46-39)21-22-35(37)41-42(36)51-25-10-8-19-40(51)47-41;1-3-11-26(12-4-1)35-25-36(27-13-5-2-6-14-27)43-40(42-35)29-18-20-31-33(24-29)32-23-28(34-15-7-9-21-41-34)17-19-30(32)38-39(31)45-22-10-8-16-37(45)44-38;1-3-11-25(12-4-1)37-42-38(26-13-5-2-6-14-26)44-39(43-37)28-18-20-30-32(24-28)31-23-27(33-15-7-9-21-40-33)17-19-29(31)35-36(30)45-22-10-8-16-34(45)41-35/h1-28H;1-25H;1-24H. The molecule has 28 rings (SSSR count). The molecule has 0 N–H and O–H groups in total. The van der Waals surface area contributed by atoms with Gasteiger partial charge in [0.05, 0.1) is 61.6 Å². The second kappa shape index (κ2) is 35.1. The fourth-order valence-electron chi connectivity index (χ4n) is 19.5. The lowest BCUT2D eigenvalue weighted by Gasteiger charge is -2.12. The van der Waals surface area contributed by atoms with E-state index in [1.165, 1.54) is 0 Å². The number of benzene rings is 16. The van der Waals surface area contributed by atoms with Gasteiger partial charge in [0.25, 0.3) is 0 Å². The minimum absolute atomic E-state index is 0.622. The Morgan fingerprint density at radius 2 is 0.376 bits per heavy atom. The van der Waals surface area contributed by atoms with Crippen LogP contribution < -0.4 is 0 Å². The molecule has 0 fully saturated rings. The monoisotopic (exact) mass is 1800 g/mol. The van der Waals surface area contributed by atoms with E-state index in [0.717, 1.165) is 221 Å². The molecule has 0 amide bonds. The van der Waals surface area contributed by atoms with E-state index >= 15 is 0 Å². The van der Waals surface area contributed by atoms with E-state index in [2.05, 4.69) is 247 Å². The summed E-state index contributed by atoms with van der Waals surface area (Å²) in [5, 5.41) is 13.4. The molecule has 0 bridgehead atoms. The van der Waals surface area contributed by atoms with Crippen molar-refractivity contribution in [3.8, 4) is 147 Å². The van der Waals surface area contributed by atoms with Crippen molar-refractivity contribution in [2.24, 2.45) is 0 Å². The summed E-state index contributed by atoms with van der Waals surface area (Å²) in [6, 6.07) is 147. The summed E-state index contributed by atoms with van der Waals surface area (Å²) in [6.45, 7) is 0. The molecule has 17 nitrogen and oxygen atoms in total. The molecule has 0 aliphatic heterocycles. The molecule has 0 atom stereocenters. The van der Waals surface area contributed by atoms with Gasteiger partial charge in [-0.25, -0.2) is 54.8 Å². The molecule has 16 aromatic carbocycles. The van der Waals surface area contributed by atoms with Gasteiger partial charge in [0.15, 0.2) is 40.8 Å². The van der Waals surface area contributed by atoms with Crippen LogP contribution in [0.5, 0.6) is 0 Å². The Hall–Kier alpha value is -19.5. The van der Waals surface area contributed by atoms with Gasteiger partial charge in [0, 0.05) is 136 Å². The number of aromatic nitrogens is 17. The second-order valence-electron chi connectivity index (χ2n) is 34.8. The maximum absolute atomic E-state index is 5.12. The normalized spacial score (nSPS) is 11.5. The Bertz CT molecular complexity index is 9190. The summed E-state index contributed by atoms with van der Waals surface area (Å²) in [5.74, 6) is 4.49. The average molecular weight is 1810 g/mol. The van der Waals surface area contributed by atoms with Crippen molar-refractivity contribution >= 4 is 115 Å². The highest BCUT2D eigenvalue weighted by atomic mass is 15.1. The Morgan fingerprint density at radius 3 is 0.709 bits per heavy atom. The van der Waals surface area contributed by atoms with Gasteiger partial charge in [0.2, 0.25) is 0 Å². The van der Waals surface area contributed by atoms with Crippen LogP contribution in [0.4, 0.5) is 0 Å². The number of imidazole rings is 3. The van der Waals surface area contributed by atoms with Gasteiger partial charge in [-0.15, -0.1) is 0 Å². The van der Waals surface area contributed by atoms with E-state index in [1.807, 2.05) is 249 Å². The fraction of sp³-hybridized carbons (Fsp3) is 0. The number of fused-ring (bicyclic) bond motifs is 24. The number of hydrogen-bond acceptors (Lipinski definition) is 14. The zero-order chi connectivity index (χ0) is 93.2. The molecule has 12 heterocycles. The summed E-state index contributed by atoms with van der Waals surface area (Å²) in [7, 11) is 0. The van der Waals surface area contributed by atoms with Gasteiger partial charge in [-0.3, -0.25) is 28.2 Å². The molecule has 658 valence electrons. The minimum atomic E-state index is 0.622. The molecule has 17 heteroatoms. The summed E-state index contributed by atoms with van der Waals surface area (Å²) in [5.41, 5.74) is 27.6. The molecule has 0 saturated heterocycles. The topological polar surface area (TPSA) is 194 Å². The molecule has 28 aromatic rings. The van der Waals surface area contributed by atoms with Crippen molar-refractivity contribution in [2.45, 2.75) is 0 Å². The molecule has 0 aliphatic carbocycles. The van der Waals surface area contributed by atoms with E-state index in [0.29, 0.717) is 40.8 Å². The third-order valence-corrected chi connectivity index (χ3v) is 26.2. The molecule has 0 aliphatic rings. The number of rotatable bonds is 13. The highest BCUT2D eigenvalue weighted by Crippen LogP contribution is 2.45. The number of nitrogens with zero attached hydrogens (tertiary/aromatic N) is 17. The van der Waals surface area contributed by atoms with Crippen molar-refractivity contribution in [3.63, 3.8) is 0 Å². The summed E-state index contributed by atoms with van der Waals surface area (Å²) in [4.78, 5) is 69.2. The van der Waals surface area contributed by atoms with Gasteiger partial charge in [-0.1, -0.05) is 309 Å². The molecular formula is C124H77N17. The van der Waals surface area contributed by atoms with Crippen molar-refractivity contribution in [2.75, 3.05) is 0 Å². The quantitative estimate of drug-likeness (QED) is 0.0989. The highest BCUT2D eigenvalue weighted by molar-refractivity contribution is 6.28. The van der Waals surface area contributed by atoms with Crippen LogP contribution in [0.1, 0.15) is 0 Å². The molecule has 0 unspecified atom stereocenters. The molecule has 0 spiro atoms. The zero-order valence-electron chi connectivity index (χ0n) is 75.6. The van der Waals surface area contributed by atoms with Crippen LogP contribution in [0.2, 0.25) is 0 Å². The van der Waals surface area contributed by atoms with Crippen molar-refractivity contribution < 1.29 is 0 Å². The van der Waals surface area contributed by atoms with E-state index < -0.39 is 0 Å². The first-order valence-corrected chi connectivity index (χ1v) is 46.8. The third kappa shape index (κ3) is 15.2. The Balaban J connectivity index is 0.000000109. The fourth-order valence-corrected chi connectivity index (χ4v) is 19.5. The molecule has 0 radical (unpaired) electrons. The Morgan fingerprint density at radius 1 is 0.135 bits per heavy atom. The number of pyridine rings is 6. The first-order chi connectivity index (χ1) is 69.9. The van der Waals surface area contributed by atoms with Crippen LogP contribution in [-0.2, 0) is 0 Å². The maximum Gasteiger partial charge on any atom is 0.164 e. The van der Waals surface area contributed by atoms with E-state index in [9.17, 15) is 0 Å². The second-order valence-corrected chi connectivity index (χ2v) is 34.8. The van der Waals surface area contributed by atoms with Gasteiger partial charge >= 0.3 is 0 Å². The molecule has 141 heavy (non-hydrogen) atoms. The van der Waals surface area contributed by atoms with Crippen molar-refractivity contribution in [3.05, 3.63) is 468 Å². The predicted molar refractivity (Wildman–Crippen MR) is 570 cm³/mol. The average Bonchev–Trinajstić information content (AvgIpc) is 1.61. The lowest BCUT2D eigenvalue weighted by atomic mass is 9.93. The third-order valence-electron chi connectivity index (χ3n) is 26.2. The van der Waals surface area contributed by atoms with Gasteiger partial charge in [-0.05, 0) is 165 Å². The zero-order valence-corrected chi connectivity index (χ0v) is 75.6. The lowest BCUT2D eigenvalue weighted by molar-refractivity contribution is 1.07.